The molecule has 0 aromatic carbocycles. The lowest BCUT2D eigenvalue weighted by Gasteiger charge is -2.31. The first-order valence-electron chi connectivity index (χ1n) is 6.22. The monoisotopic (exact) mass is 262 g/mol. The van der Waals surface area contributed by atoms with Crippen molar-refractivity contribution in [1.29, 1.82) is 10.5 Å². The van der Waals surface area contributed by atoms with Crippen molar-refractivity contribution in [2.24, 2.45) is 27.0 Å². The topological polar surface area (TPSA) is 104 Å². The number of hydrogen-bond donors (Lipinski definition) is 1. The number of rotatable bonds is 4. The third-order valence-electron chi connectivity index (χ3n) is 4.92. The van der Waals surface area contributed by atoms with Gasteiger partial charge >= 0.3 is 0 Å². The Hall–Kier alpha value is -1.63. The number of nitrogens with zero attached hydrogens (tertiary/aromatic N) is 3. The summed E-state index contributed by atoms with van der Waals surface area (Å²) in [7, 11) is 2.83. The van der Waals surface area contributed by atoms with E-state index in [1.165, 1.54) is 14.2 Å². The van der Waals surface area contributed by atoms with Gasteiger partial charge in [0.05, 0.1) is 12.1 Å². The molecule has 2 rings (SSSR count). The van der Waals surface area contributed by atoms with Gasteiger partial charge in [-0.25, -0.2) is 4.99 Å². The van der Waals surface area contributed by atoms with Gasteiger partial charge in [-0.3, -0.25) is 0 Å². The first kappa shape index (κ1) is 13.8. The normalized spacial score (nSPS) is 41.9. The van der Waals surface area contributed by atoms with Crippen LogP contribution in [0.15, 0.2) is 4.99 Å². The maximum atomic E-state index is 9.75. The zero-order valence-corrected chi connectivity index (χ0v) is 11.6. The number of aliphatic imine (C=N–C) groups is 1. The first-order valence-corrected chi connectivity index (χ1v) is 6.22. The molecule has 1 fully saturated rings. The van der Waals surface area contributed by atoms with Crippen LogP contribution in [0.2, 0.25) is 0 Å². The Kier molecular flexibility index (Phi) is 2.68. The summed E-state index contributed by atoms with van der Waals surface area (Å²) in [6.45, 7) is 3.89. The fraction of sp³-hybridized carbons (Fsp3) is 0.769. The second-order valence-corrected chi connectivity index (χ2v) is 5.29. The van der Waals surface area contributed by atoms with E-state index in [1.54, 1.807) is 0 Å². The van der Waals surface area contributed by atoms with Gasteiger partial charge in [-0.05, 0) is 6.42 Å². The van der Waals surface area contributed by atoms with Gasteiger partial charge in [-0.15, -0.1) is 0 Å². The van der Waals surface area contributed by atoms with Gasteiger partial charge in [0.1, 0.15) is 11.3 Å². The van der Waals surface area contributed by atoms with E-state index in [-0.39, 0.29) is 5.84 Å². The third-order valence-corrected chi connectivity index (χ3v) is 4.92. The SMILES string of the molecule is CCC[C@]1(C)[C@]2(C#N)C(N)=NC(OC)(OC)[C@]12C#N. The van der Waals surface area contributed by atoms with E-state index in [2.05, 4.69) is 17.1 Å². The standard InChI is InChI=1S/C13H18N4O2/c1-5-6-10(2)11(7-14)9(16)17-13(18-3,19-4)12(10,11)8-15/h5-6H2,1-4H3,(H2,16,17)/t10-,11+,12-/m1/s1. The van der Waals surface area contributed by atoms with Crippen molar-refractivity contribution in [3.05, 3.63) is 0 Å². The number of methoxy groups -OCH3 is 2. The molecule has 0 amide bonds. The summed E-state index contributed by atoms with van der Waals surface area (Å²) in [6.07, 6.45) is 1.51. The summed E-state index contributed by atoms with van der Waals surface area (Å²) >= 11 is 0. The number of hydrogen-bond acceptors (Lipinski definition) is 6. The highest BCUT2D eigenvalue weighted by Gasteiger charge is 2.98. The minimum atomic E-state index is -1.49. The van der Waals surface area contributed by atoms with Crippen LogP contribution < -0.4 is 5.73 Å². The van der Waals surface area contributed by atoms with Gasteiger partial charge < -0.3 is 15.2 Å². The van der Waals surface area contributed by atoms with E-state index in [0.717, 1.165) is 6.42 Å². The molecule has 0 radical (unpaired) electrons. The van der Waals surface area contributed by atoms with Crippen molar-refractivity contribution in [2.75, 3.05) is 14.2 Å². The van der Waals surface area contributed by atoms with Crippen LogP contribution in [-0.2, 0) is 9.47 Å². The van der Waals surface area contributed by atoms with Gasteiger partial charge in [-0.1, -0.05) is 20.3 Å². The lowest BCUT2D eigenvalue weighted by atomic mass is 9.87. The predicted molar refractivity (Wildman–Crippen MR) is 67.5 cm³/mol. The highest BCUT2D eigenvalue weighted by molar-refractivity contribution is 6.00. The van der Waals surface area contributed by atoms with Crippen molar-refractivity contribution < 1.29 is 9.47 Å². The lowest BCUT2D eigenvalue weighted by Crippen LogP contribution is -2.43. The van der Waals surface area contributed by atoms with Crippen LogP contribution in [0.3, 0.4) is 0 Å². The molecule has 1 aliphatic heterocycles. The molecule has 1 saturated carbocycles. The maximum Gasteiger partial charge on any atom is 0.292 e. The van der Waals surface area contributed by atoms with E-state index >= 15 is 0 Å². The van der Waals surface area contributed by atoms with Crippen LogP contribution in [0.4, 0.5) is 0 Å². The van der Waals surface area contributed by atoms with Gasteiger partial charge in [0.2, 0.25) is 0 Å². The van der Waals surface area contributed by atoms with Gasteiger partial charge in [0.15, 0.2) is 5.41 Å². The van der Waals surface area contributed by atoms with Crippen molar-refractivity contribution >= 4 is 5.84 Å². The number of ether oxygens (including phenoxy) is 2. The van der Waals surface area contributed by atoms with E-state index in [9.17, 15) is 10.5 Å². The Balaban J connectivity index is 2.73. The molecule has 0 aromatic heterocycles. The quantitative estimate of drug-likeness (QED) is 0.765. The Morgan fingerprint density at radius 1 is 1.26 bits per heavy atom. The molecule has 6 nitrogen and oxygen atoms in total. The van der Waals surface area contributed by atoms with E-state index in [4.69, 9.17) is 15.2 Å². The van der Waals surface area contributed by atoms with Gasteiger partial charge in [-0.2, -0.15) is 10.5 Å². The molecule has 0 bridgehead atoms. The molecule has 2 aliphatic rings. The minimum absolute atomic E-state index is 0.135. The van der Waals surface area contributed by atoms with E-state index < -0.39 is 22.2 Å². The third kappa shape index (κ3) is 0.959. The molecule has 19 heavy (non-hydrogen) atoms. The van der Waals surface area contributed by atoms with Crippen LogP contribution >= 0.6 is 0 Å². The van der Waals surface area contributed by atoms with Crippen molar-refractivity contribution in [1.82, 2.24) is 0 Å². The number of amidine groups is 1. The van der Waals surface area contributed by atoms with Crippen LogP contribution in [0.1, 0.15) is 26.7 Å². The molecule has 0 saturated heterocycles. The highest BCUT2D eigenvalue weighted by Crippen LogP contribution is 2.86. The Morgan fingerprint density at radius 2 is 1.84 bits per heavy atom. The summed E-state index contributed by atoms with van der Waals surface area (Å²) in [5, 5.41) is 19.4. The Morgan fingerprint density at radius 3 is 2.21 bits per heavy atom. The number of nitriles is 2. The fourth-order valence-electron chi connectivity index (χ4n) is 4.07. The van der Waals surface area contributed by atoms with Crippen molar-refractivity contribution in [2.45, 2.75) is 32.6 Å². The van der Waals surface area contributed by atoms with Crippen LogP contribution in [0.5, 0.6) is 0 Å². The van der Waals surface area contributed by atoms with E-state index in [1.807, 2.05) is 13.8 Å². The van der Waals surface area contributed by atoms with Crippen molar-refractivity contribution in [3.8, 4) is 12.1 Å². The van der Waals surface area contributed by atoms with Gasteiger partial charge in [0.25, 0.3) is 5.91 Å². The zero-order valence-electron chi connectivity index (χ0n) is 11.6. The summed E-state index contributed by atoms with van der Waals surface area (Å²) in [4.78, 5) is 4.16. The van der Waals surface area contributed by atoms with Crippen molar-refractivity contribution in [3.63, 3.8) is 0 Å². The van der Waals surface area contributed by atoms with Crippen LogP contribution in [0, 0.1) is 38.9 Å². The predicted octanol–water partition coefficient (Wildman–Crippen LogP) is 1.14. The molecule has 102 valence electrons. The van der Waals surface area contributed by atoms with Crippen LogP contribution in [-0.4, -0.2) is 26.0 Å². The molecule has 0 aromatic rings. The Bertz CT molecular complexity index is 528. The molecular weight excluding hydrogens is 244 g/mol. The maximum absolute atomic E-state index is 9.75. The highest BCUT2D eigenvalue weighted by atomic mass is 16.7. The van der Waals surface area contributed by atoms with E-state index in [0.29, 0.717) is 6.42 Å². The summed E-state index contributed by atoms with van der Waals surface area (Å²) < 4.78 is 10.7. The average molecular weight is 262 g/mol. The second kappa shape index (κ2) is 3.69. The van der Waals surface area contributed by atoms with Gasteiger partial charge in [0, 0.05) is 19.6 Å². The lowest BCUT2D eigenvalue weighted by molar-refractivity contribution is -0.236. The molecule has 1 aliphatic carbocycles. The summed E-state index contributed by atoms with van der Waals surface area (Å²) in [5.74, 6) is -1.36. The summed E-state index contributed by atoms with van der Waals surface area (Å²) in [6, 6.07) is 4.45. The Labute approximate surface area is 112 Å². The molecule has 6 heteroatoms. The molecule has 0 unspecified atom stereocenters. The minimum Gasteiger partial charge on any atom is -0.386 e. The number of fused-ring (bicyclic) bond motifs is 1. The largest absolute Gasteiger partial charge is 0.386 e. The average Bonchev–Trinajstić information content (AvgIpc) is 2.78. The zero-order chi connectivity index (χ0) is 14.5. The second-order valence-electron chi connectivity index (χ2n) is 5.29. The molecule has 3 atom stereocenters. The molecule has 2 N–H and O–H groups in total. The first-order chi connectivity index (χ1) is 8.93. The number of nitrogens with two attached hydrogens (primary N) is 1. The summed E-state index contributed by atoms with van der Waals surface area (Å²) in [5.41, 5.74) is 3.04. The fourth-order valence-corrected chi connectivity index (χ4v) is 4.07. The molecule has 0 spiro atoms. The molecular formula is C13H18N4O2. The molecule has 1 heterocycles. The van der Waals surface area contributed by atoms with Crippen LogP contribution in [0.25, 0.3) is 0 Å². The smallest absolute Gasteiger partial charge is 0.292 e.